The van der Waals surface area contributed by atoms with E-state index in [4.69, 9.17) is 10.5 Å². The summed E-state index contributed by atoms with van der Waals surface area (Å²) in [6.07, 6.45) is -0.569. The van der Waals surface area contributed by atoms with Crippen molar-refractivity contribution in [2.45, 2.75) is 6.10 Å². The first kappa shape index (κ1) is 11.2. The Balaban J connectivity index is 2.11. The predicted molar refractivity (Wildman–Crippen MR) is 50.9 cm³/mol. The second-order valence-electron chi connectivity index (χ2n) is 3.31. The Bertz CT molecular complexity index is 183. The SMILES string of the molecule is NC(=O)NCC(O)CN1CCOCC1. The molecule has 6 nitrogen and oxygen atoms in total. The zero-order valence-corrected chi connectivity index (χ0v) is 8.11. The van der Waals surface area contributed by atoms with Crippen LogP contribution in [0.1, 0.15) is 0 Å². The number of carbonyl (C=O) groups excluding carboxylic acids is 1. The van der Waals surface area contributed by atoms with E-state index >= 15 is 0 Å². The second-order valence-corrected chi connectivity index (χ2v) is 3.31. The van der Waals surface area contributed by atoms with E-state index in [1.165, 1.54) is 0 Å². The number of nitrogens with one attached hydrogen (secondary N) is 1. The van der Waals surface area contributed by atoms with Gasteiger partial charge in [0.2, 0.25) is 0 Å². The topological polar surface area (TPSA) is 87.8 Å². The summed E-state index contributed by atoms with van der Waals surface area (Å²) in [7, 11) is 0. The zero-order valence-electron chi connectivity index (χ0n) is 8.11. The molecule has 2 amide bonds. The molecule has 0 aromatic rings. The van der Waals surface area contributed by atoms with Gasteiger partial charge in [0.15, 0.2) is 0 Å². The number of morpholine rings is 1. The summed E-state index contributed by atoms with van der Waals surface area (Å²) in [5, 5.41) is 11.9. The molecule has 0 bridgehead atoms. The molecule has 0 aliphatic carbocycles. The number of rotatable bonds is 4. The molecule has 0 aromatic heterocycles. The summed E-state index contributed by atoms with van der Waals surface area (Å²) in [5.74, 6) is 0. The number of nitrogens with zero attached hydrogens (tertiary/aromatic N) is 1. The summed E-state index contributed by atoms with van der Waals surface area (Å²) in [6.45, 7) is 3.81. The van der Waals surface area contributed by atoms with Crippen LogP contribution in [0.4, 0.5) is 4.79 Å². The van der Waals surface area contributed by atoms with Crippen molar-refractivity contribution in [3.8, 4) is 0 Å². The van der Waals surface area contributed by atoms with E-state index in [0.29, 0.717) is 19.8 Å². The van der Waals surface area contributed by atoms with E-state index in [1.807, 2.05) is 0 Å². The summed E-state index contributed by atoms with van der Waals surface area (Å²) in [6, 6.07) is -0.606. The molecule has 0 aromatic carbocycles. The molecule has 14 heavy (non-hydrogen) atoms. The predicted octanol–water partition coefficient (Wildman–Crippen LogP) is -1.65. The molecule has 0 saturated carbocycles. The average Bonchev–Trinajstić information content (AvgIpc) is 2.16. The quantitative estimate of drug-likeness (QED) is 0.510. The standard InChI is InChI=1S/C8H17N3O3/c9-8(13)10-5-7(12)6-11-1-3-14-4-2-11/h7,12H,1-6H2,(H3,9,10,13). The van der Waals surface area contributed by atoms with E-state index in [9.17, 15) is 9.90 Å². The minimum absolute atomic E-state index is 0.201. The molecular formula is C8H17N3O3. The normalized spacial score (nSPS) is 20.4. The number of aliphatic hydroxyl groups excluding tert-OH is 1. The third-order valence-corrected chi connectivity index (χ3v) is 2.08. The molecule has 0 radical (unpaired) electrons. The highest BCUT2D eigenvalue weighted by atomic mass is 16.5. The molecule has 0 spiro atoms. The number of ether oxygens (including phenoxy) is 1. The number of primary amides is 1. The minimum Gasteiger partial charge on any atom is -0.390 e. The molecule has 82 valence electrons. The number of nitrogens with two attached hydrogens (primary N) is 1. The lowest BCUT2D eigenvalue weighted by atomic mass is 10.3. The van der Waals surface area contributed by atoms with Crippen LogP contribution in [-0.2, 0) is 4.74 Å². The third-order valence-electron chi connectivity index (χ3n) is 2.08. The Hall–Kier alpha value is -0.850. The van der Waals surface area contributed by atoms with Gasteiger partial charge in [-0.05, 0) is 0 Å². The van der Waals surface area contributed by atoms with Crippen molar-refractivity contribution in [3.05, 3.63) is 0 Å². The first-order chi connectivity index (χ1) is 6.68. The van der Waals surface area contributed by atoms with Crippen molar-refractivity contribution >= 4 is 6.03 Å². The Morgan fingerprint density at radius 1 is 1.57 bits per heavy atom. The molecule has 1 unspecified atom stereocenters. The first-order valence-electron chi connectivity index (χ1n) is 4.70. The van der Waals surface area contributed by atoms with Crippen molar-refractivity contribution in [1.29, 1.82) is 0 Å². The van der Waals surface area contributed by atoms with Crippen LogP contribution in [0.3, 0.4) is 0 Å². The lowest BCUT2D eigenvalue weighted by Crippen LogP contribution is -2.45. The van der Waals surface area contributed by atoms with Crippen LogP contribution in [0.25, 0.3) is 0 Å². The van der Waals surface area contributed by atoms with Crippen LogP contribution in [0.15, 0.2) is 0 Å². The molecule has 4 N–H and O–H groups in total. The summed E-state index contributed by atoms with van der Waals surface area (Å²) >= 11 is 0. The molecule has 6 heteroatoms. The molecule has 1 rings (SSSR count). The van der Waals surface area contributed by atoms with Crippen molar-refractivity contribution in [2.75, 3.05) is 39.4 Å². The fourth-order valence-electron chi connectivity index (χ4n) is 1.36. The van der Waals surface area contributed by atoms with Gasteiger partial charge in [0.25, 0.3) is 0 Å². The summed E-state index contributed by atoms with van der Waals surface area (Å²) in [5.41, 5.74) is 4.88. The van der Waals surface area contributed by atoms with Gasteiger partial charge in [-0.3, -0.25) is 4.90 Å². The van der Waals surface area contributed by atoms with Crippen molar-refractivity contribution in [2.24, 2.45) is 5.73 Å². The van der Waals surface area contributed by atoms with Crippen LogP contribution >= 0.6 is 0 Å². The number of amides is 2. The van der Waals surface area contributed by atoms with Gasteiger partial charge in [-0.1, -0.05) is 0 Å². The van der Waals surface area contributed by atoms with Crippen LogP contribution in [-0.4, -0.2) is 61.5 Å². The largest absolute Gasteiger partial charge is 0.390 e. The fraction of sp³-hybridized carbons (Fsp3) is 0.875. The number of hydrogen-bond acceptors (Lipinski definition) is 4. The second kappa shape index (κ2) is 5.79. The smallest absolute Gasteiger partial charge is 0.312 e. The number of aliphatic hydroxyl groups is 1. The van der Waals surface area contributed by atoms with Crippen molar-refractivity contribution < 1.29 is 14.6 Å². The summed E-state index contributed by atoms with van der Waals surface area (Å²) in [4.78, 5) is 12.5. The Morgan fingerprint density at radius 3 is 2.79 bits per heavy atom. The summed E-state index contributed by atoms with van der Waals surface area (Å²) < 4.78 is 5.17. The Labute approximate surface area is 83.0 Å². The van der Waals surface area contributed by atoms with Gasteiger partial charge in [0, 0.05) is 26.2 Å². The fourth-order valence-corrected chi connectivity index (χ4v) is 1.36. The zero-order chi connectivity index (χ0) is 10.4. The first-order valence-corrected chi connectivity index (χ1v) is 4.70. The third kappa shape index (κ3) is 4.40. The molecule has 1 fully saturated rings. The molecular weight excluding hydrogens is 186 g/mol. The highest BCUT2D eigenvalue weighted by Gasteiger charge is 2.14. The van der Waals surface area contributed by atoms with E-state index < -0.39 is 12.1 Å². The number of β-amino-alcohol motifs (C(OH)–C–C–N with tert-alkyl or cyclic N) is 1. The van der Waals surface area contributed by atoms with Gasteiger partial charge in [0.1, 0.15) is 0 Å². The van der Waals surface area contributed by atoms with Gasteiger partial charge in [0.05, 0.1) is 19.3 Å². The molecule has 1 aliphatic rings. The average molecular weight is 203 g/mol. The van der Waals surface area contributed by atoms with Gasteiger partial charge >= 0.3 is 6.03 Å². The maximum absolute atomic E-state index is 10.4. The van der Waals surface area contributed by atoms with Gasteiger partial charge in [-0.15, -0.1) is 0 Å². The Kier molecular flexibility index (Phi) is 4.64. The van der Waals surface area contributed by atoms with Gasteiger partial charge in [-0.25, -0.2) is 4.79 Å². The van der Waals surface area contributed by atoms with Gasteiger partial charge in [-0.2, -0.15) is 0 Å². The van der Waals surface area contributed by atoms with Crippen LogP contribution < -0.4 is 11.1 Å². The molecule has 1 aliphatic heterocycles. The van der Waals surface area contributed by atoms with Crippen LogP contribution in [0, 0.1) is 0 Å². The highest BCUT2D eigenvalue weighted by Crippen LogP contribution is 1.97. The maximum atomic E-state index is 10.4. The Morgan fingerprint density at radius 2 is 2.21 bits per heavy atom. The number of carbonyl (C=O) groups is 1. The van der Waals surface area contributed by atoms with E-state index in [2.05, 4.69) is 10.2 Å². The minimum atomic E-state index is -0.606. The number of urea groups is 1. The number of hydrogen-bond donors (Lipinski definition) is 3. The van der Waals surface area contributed by atoms with Crippen LogP contribution in [0.2, 0.25) is 0 Å². The molecule has 1 atom stereocenters. The lowest BCUT2D eigenvalue weighted by Gasteiger charge is -2.28. The van der Waals surface area contributed by atoms with E-state index in [-0.39, 0.29) is 6.54 Å². The van der Waals surface area contributed by atoms with Crippen molar-refractivity contribution in [1.82, 2.24) is 10.2 Å². The van der Waals surface area contributed by atoms with E-state index in [0.717, 1.165) is 13.1 Å². The molecule has 1 heterocycles. The maximum Gasteiger partial charge on any atom is 0.312 e. The lowest BCUT2D eigenvalue weighted by molar-refractivity contribution is 0.0154. The van der Waals surface area contributed by atoms with E-state index in [1.54, 1.807) is 0 Å². The monoisotopic (exact) mass is 203 g/mol. The van der Waals surface area contributed by atoms with Crippen molar-refractivity contribution in [3.63, 3.8) is 0 Å². The molecule has 1 saturated heterocycles. The van der Waals surface area contributed by atoms with Gasteiger partial charge < -0.3 is 20.9 Å². The van der Waals surface area contributed by atoms with Crippen LogP contribution in [0.5, 0.6) is 0 Å². The highest BCUT2D eigenvalue weighted by molar-refractivity contribution is 5.71.